The second-order valence-electron chi connectivity index (χ2n) is 4.28. The van der Waals surface area contributed by atoms with Gasteiger partial charge in [-0.2, -0.15) is 10.2 Å². The molecule has 1 atom stereocenters. The summed E-state index contributed by atoms with van der Waals surface area (Å²) in [6.07, 6.45) is 6.72. The maximum atomic E-state index is 4.36. The minimum atomic E-state index is 0.440. The molecule has 5 heteroatoms. The Morgan fingerprint density at radius 2 is 2.24 bits per heavy atom. The molecule has 0 aliphatic rings. The van der Waals surface area contributed by atoms with E-state index >= 15 is 0 Å². The van der Waals surface area contributed by atoms with Crippen LogP contribution in [0.5, 0.6) is 0 Å². The minimum Gasteiger partial charge on any atom is -0.377 e. The maximum Gasteiger partial charge on any atom is 0.0729 e. The fourth-order valence-corrected chi connectivity index (χ4v) is 1.76. The van der Waals surface area contributed by atoms with Gasteiger partial charge in [0.25, 0.3) is 0 Å². The third-order valence-electron chi connectivity index (χ3n) is 2.94. The molecule has 0 aliphatic heterocycles. The summed E-state index contributed by atoms with van der Waals surface area (Å²) >= 11 is 0. The van der Waals surface area contributed by atoms with Crippen LogP contribution in [-0.4, -0.2) is 19.6 Å². The zero-order chi connectivity index (χ0) is 12.3. The quantitative estimate of drug-likeness (QED) is 0.861. The first-order valence-electron chi connectivity index (χ1n) is 5.95. The van der Waals surface area contributed by atoms with Crippen molar-refractivity contribution in [2.75, 3.05) is 5.32 Å². The highest BCUT2D eigenvalue weighted by molar-refractivity contribution is 5.38. The topological polar surface area (TPSA) is 47.7 Å². The molecule has 5 nitrogen and oxygen atoms in total. The summed E-state index contributed by atoms with van der Waals surface area (Å²) in [5.74, 6) is 0. The molecule has 0 radical (unpaired) electrons. The minimum absolute atomic E-state index is 0.440. The van der Waals surface area contributed by atoms with Gasteiger partial charge in [0.05, 0.1) is 24.1 Å². The van der Waals surface area contributed by atoms with E-state index in [2.05, 4.69) is 40.1 Å². The molecule has 0 aromatic carbocycles. The highest BCUT2D eigenvalue weighted by atomic mass is 15.3. The van der Waals surface area contributed by atoms with Gasteiger partial charge < -0.3 is 5.32 Å². The number of aromatic nitrogens is 4. The Balaban J connectivity index is 2.01. The van der Waals surface area contributed by atoms with Crippen molar-refractivity contribution in [3.63, 3.8) is 0 Å². The molecule has 0 saturated heterocycles. The molecule has 2 heterocycles. The number of rotatable bonds is 5. The summed E-state index contributed by atoms with van der Waals surface area (Å²) in [6.45, 7) is 5.13. The number of hydrogen-bond acceptors (Lipinski definition) is 3. The van der Waals surface area contributed by atoms with Crippen LogP contribution in [0.2, 0.25) is 0 Å². The van der Waals surface area contributed by atoms with Gasteiger partial charge in [-0.05, 0) is 19.4 Å². The van der Waals surface area contributed by atoms with Crippen molar-refractivity contribution in [3.05, 3.63) is 30.4 Å². The van der Waals surface area contributed by atoms with E-state index in [0.717, 1.165) is 18.7 Å². The predicted molar refractivity (Wildman–Crippen MR) is 67.8 cm³/mol. The summed E-state index contributed by atoms with van der Waals surface area (Å²) in [4.78, 5) is 0. The lowest BCUT2D eigenvalue weighted by molar-refractivity contribution is 0.462. The molecule has 2 rings (SSSR count). The lowest BCUT2D eigenvalue weighted by atomic mass is 10.2. The van der Waals surface area contributed by atoms with E-state index < -0.39 is 0 Å². The molecular formula is C12H19N5. The molecule has 17 heavy (non-hydrogen) atoms. The van der Waals surface area contributed by atoms with E-state index in [0.29, 0.717) is 6.04 Å². The maximum absolute atomic E-state index is 4.36. The molecule has 0 saturated carbocycles. The Morgan fingerprint density at radius 1 is 1.41 bits per heavy atom. The van der Waals surface area contributed by atoms with Gasteiger partial charge in [-0.25, -0.2) is 0 Å². The van der Waals surface area contributed by atoms with Crippen molar-refractivity contribution in [3.8, 4) is 0 Å². The lowest BCUT2D eigenvalue weighted by Gasteiger charge is -2.14. The largest absolute Gasteiger partial charge is 0.377 e. The fraction of sp³-hybridized carbons (Fsp3) is 0.500. The number of anilines is 1. The molecule has 0 spiro atoms. The standard InChI is InChI=1S/C12H19N5/c1-4-10(2)17-12(5-6-14-17)8-13-11-7-15-16(3)9-11/h5-7,9-10,13H,4,8H2,1-3H3/t10-/m1/s1. The van der Waals surface area contributed by atoms with Crippen LogP contribution in [0.1, 0.15) is 32.0 Å². The van der Waals surface area contributed by atoms with Gasteiger partial charge in [0.2, 0.25) is 0 Å². The normalized spacial score (nSPS) is 12.6. The Labute approximate surface area is 101 Å². The molecule has 2 aromatic rings. The van der Waals surface area contributed by atoms with E-state index in [1.165, 1.54) is 5.69 Å². The van der Waals surface area contributed by atoms with E-state index in [1.807, 2.05) is 25.6 Å². The third-order valence-corrected chi connectivity index (χ3v) is 2.94. The molecule has 92 valence electrons. The van der Waals surface area contributed by atoms with Gasteiger partial charge in [0.15, 0.2) is 0 Å². The molecule has 2 aromatic heterocycles. The number of aryl methyl sites for hydroxylation is 1. The summed E-state index contributed by atoms with van der Waals surface area (Å²) in [5.41, 5.74) is 2.23. The first-order valence-corrected chi connectivity index (χ1v) is 5.95. The third kappa shape index (κ3) is 2.67. The van der Waals surface area contributed by atoms with Crippen molar-refractivity contribution in [1.82, 2.24) is 19.6 Å². The monoisotopic (exact) mass is 233 g/mol. The van der Waals surface area contributed by atoms with Crippen molar-refractivity contribution < 1.29 is 0 Å². The zero-order valence-corrected chi connectivity index (χ0v) is 10.6. The molecule has 0 aliphatic carbocycles. The van der Waals surface area contributed by atoms with Gasteiger partial charge in [0.1, 0.15) is 0 Å². The summed E-state index contributed by atoms with van der Waals surface area (Å²) in [7, 11) is 1.91. The molecular weight excluding hydrogens is 214 g/mol. The predicted octanol–water partition coefficient (Wildman–Crippen LogP) is 2.20. The molecule has 0 unspecified atom stereocenters. The fourth-order valence-electron chi connectivity index (χ4n) is 1.76. The van der Waals surface area contributed by atoms with Crippen LogP contribution in [0.4, 0.5) is 5.69 Å². The Hall–Kier alpha value is -1.78. The second kappa shape index (κ2) is 5.03. The second-order valence-corrected chi connectivity index (χ2v) is 4.28. The number of nitrogens with one attached hydrogen (secondary N) is 1. The Morgan fingerprint density at radius 3 is 2.88 bits per heavy atom. The van der Waals surface area contributed by atoms with Crippen LogP contribution in [0, 0.1) is 0 Å². The van der Waals surface area contributed by atoms with E-state index in [4.69, 9.17) is 0 Å². The van der Waals surface area contributed by atoms with Crippen LogP contribution in [0.15, 0.2) is 24.7 Å². The van der Waals surface area contributed by atoms with Gasteiger partial charge in [-0.1, -0.05) is 6.92 Å². The van der Waals surface area contributed by atoms with Crippen LogP contribution < -0.4 is 5.32 Å². The van der Waals surface area contributed by atoms with Crippen molar-refractivity contribution in [1.29, 1.82) is 0 Å². The highest BCUT2D eigenvalue weighted by Crippen LogP contribution is 2.13. The van der Waals surface area contributed by atoms with Crippen LogP contribution in [-0.2, 0) is 13.6 Å². The van der Waals surface area contributed by atoms with Crippen LogP contribution in [0.25, 0.3) is 0 Å². The van der Waals surface area contributed by atoms with E-state index in [-0.39, 0.29) is 0 Å². The smallest absolute Gasteiger partial charge is 0.0729 e. The van der Waals surface area contributed by atoms with E-state index in [9.17, 15) is 0 Å². The van der Waals surface area contributed by atoms with Crippen molar-refractivity contribution in [2.24, 2.45) is 7.05 Å². The number of nitrogens with zero attached hydrogens (tertiary/aromatic N) is 4. The molecule has 0 bridgehead atoms. The van der Waals surface area contributed by atoms with E-state index in [1.54, 1.807) is 4.68 Å². The SMILES string of the molecule is CC[C@@H](C)n1nccc1CNc1cnn(C)c1. The average molecular weight is 233 g/mol. The van der Waals surface area contributed by atoms with Crippen LogP contribution in [0.3, 0.4) is 0 Å². The first-order chi connectivity index (χ1) is 8.20. The Kier molecular flexibility index (Phi) is 3.46. The van der Waals surface area contributed by atoms with Crippen LogP contribution >= 0.6 is 0 Å². The van der Waals surface area contributed by atoms with Gasteiger partial charge in [0, 0.05) is 25.5 Å². The molecule has 1 N–H and O–H groups in total. The van der Waals surface area contributed by atoms with Crippen molar-refractivity contribution in [2.45, 2.75) is 32.9 Å². The van der Waals surface area contributed by atoms with Gasteiger partial charge >= 0.3 is 0 Å². The summed E-state index contributed by atoms with van der Waals surface area (Å²) in [5, 5.41) is 11.8. The Bertz CT molecular complexity index is 471. The molecule has 0 fully saturated rings. The zero-order valence-electron chi connectivity index (χ0n) is 10.6. The summed E-state index contributed by atoms with van der Waals surface area (Å²) < 4.78 is 3.86. The van der Waals surface area contributed by atoms with Crippen molar-refractivity contribution >= 4 is 5.69 Å². The molecule has 0 amide bonds. The van der Waals surface area contributed by atoms with Gasteiger partial charge in [-0.3, -0.25) is 9.36 Å². The number of hydrogen-bond donors (Lipinski definition) is 1. The highest BCUT2D eigenvalue weighted by Gasteiger charge is 2.08. The average Bonchev–Trinajstić information content (AvgIpc) is 2.94. The van der Waals surface area contributed by atoms with Gasteiger partial charge in [-0.15, -0.1) is 0 Å². The summed E-state index contributed by atoms with van der Waals surface area (Å²) in [6, 6.07) is 2.49. The lowest BCUT2D eigenvalue weighted by Crippen LogP contribution is -2.12. The first kappa shape index (κ1) is 11.7.